The minimum atomic E-state index is -0.688. The van der Waals surface area contributed by atoms with Crippen LogP contribution in [0.3, 0.4) is 0 Å². The van der Waals surface area contributed by atoms with E-state index in [9.17, 15) is 9.90 Å². The zero-order chi connectivity index (χ0) is 15.2. The molecule has 0 amide bonds. The molecule has 0 spiro atoms. The third-order valence-electron chi connectivity index (χ3n) is 4.08. The molecular formula is C17H24O4. The molecule has 4 nitrogen and oxygen atoms in total. The Hall–Kier alpha value is -1.71. The van der Waals surface area contributed by atoms with Crippen LogP contribution in [0.4, 0.5) is 0 Å². The second-order valence-corrected chi connectivity index (χ2v) is 5.41. The highest BCUT2D eigenvalue weighted by atomic mass is 16.5. The van der Waals surface area contributed by atoms with Gasteiger partial charge in [0.2, 0.25) is 0 Å². The Kier molecular flexibility index (Phi) is 5.48. The fourth-order valence-electron chi connectivity index (χ4n) is 3.12. The molecule has 1 aliphatic carbocycles. The number of aliphatic carboxylic acids is 1. The summed E-state index contributed by atoms with van der Waals surface area (Å²) in [6.45, 7) is 5.02. The summed E-state index contributed by atoms with van der Waals surface area (Å²) in [5, 5.41) is 9.43. The summed E-state index contributed by atoms with van der Waals surface area (Å²) >= 11 is 0. The maximum absolute atomic E-state index is 11.5. The molecule has 21 heavy (non-hydrogen) atoms. The number of rotatable bonds is 6. The van der Waals surface area contributed by atoms with Gasteiger partial charge in [-0.25, -0.2) is 0 Å². The second-order valence-electron chi connectivity index (χ2n) is 5.41. The van der Waals surface area contributed by atoms with E-state index >= 15 is 0 Å². The number of benzene rings is 1. The molecule has 0 radical (unpaired) electrons. The van der Waals surface area contributed by atoms with E-state index in [1.54, 1.807) is 0 Å². The molecule has 116 valence electrons. The molecule has 1 aromatic rings. The lowest BCUT2D eigenvalue weighted by Crippen LogP contribution is -2.25. The Balaban J connectivity index is 2.29. The van der Waals surface area contributed by atoms with E-state index in [-0.39, 0.29) is 11.8 Å². The molecule has 1 N–H and O–H groups in total. The van der Waals surface area contributed by atoms with Crippen molar-refractivity contribution in [2.45, 2.75) is 45.4 Å². The summed E-state index contributed by atoms with van der Waals surface area (Å²) in [6.07, 6.45) is 3.78. The van der Waals surface area contributed by atoms with Crippen LogP contribution in [-0.4, -0.2) is 24.3 Å². The van der Waals surface area contributed by atoms with Crippen molar-refractivity contribution in [1.29, 1.82) is 0 Å². The van der Waals surface area contributed by atoms with Crippen LogP contribution in [0.2, 0.25) is 0 Å². The number of hydrogen-bond donors (Lipinski definition) is 1. The minimum Gasteiger partial charge on any atom is -0.490 e. The number of hydrogen-bond acceptors (Lipinski definition) is 3. The van der Waals surface area contributed by atoms with Crippen molar-refractivity contribution in [3.05, 3.63) is 23.8 Å². The normalized spacial score (nSPS) is 21.8. The highest BCUT2D eigenvalue weighted by Gasteiger charge is 2.32. The van der Waals surface area contributed by atoms with E-state index in [1.165, 1.54) is 0 Å². The molecule has 2 atom stereocenters. The SMILES string of the molecule is CCOc1ccc(C2CCCCC2C(=O)O)cc1OCC. The van der Waals surface area contributed by atoms with Crippen molar-refractivity contribution in [3.8, 4) is 11.5 Å². The fourth-order valence-corrected chi connectivity index (χ4v) is 3.12. The van der Waals surface area contributed by atoms with Crippen LogP contribution in [0, 0.1) is 5.92 Å². The third kappa shape index (κ3) is 3.69. The Labute approximate surface area is 126 Å². The first-order chi connectivity index (χ1) is 10.2. The summed E-state index contributed by atoms with van der Waals surface area (Å²) in [6, 6.07) is 5.84. The summed E-state index contributed by atoms with van der Waals surface area (Å²) in [7, 11) is 0. The van der Waals surface area contributed by atoms with Gasteiger partial charge in [0.25, 0.3) is 0 Å². The van der Waals surface area contributed by atoms with Crippen molar-refractivity contribution >= 4 is 5.97 Å². The molecule has 1 fully saturated rings. The Morgan fingerprint density at radius 3 is 2.48 bits per heavy atom. The average molecular weight is 292 g/mol. The maximum Gasteiger partial charge on any atom is 0.307 e. The molecule has 0 saturated heterocycles. The van der Waals surface area contributed by atoms with Crippen LogP contribution in [0.1, 0.15) is 51.0 Å². The van der Waals surface area contributed by atoms with Crippen molar-refractivity contribution in [2.24, 2.45) is 5.92 Å². The van der Waals surface area contributed by atoms with Crippen molar-refractivity contribution < 1.29 is 19.4 Å². The van der Waals surface area contributed by atoms with E-state index < -0.39 is 5.97 Å². The predicted molar refractivity (Wildman–Crippen MR) is 81.1 cm³/mol. The highest BCUT2D eigenvalue weighted by molar-refractivity contribution is 5.71. The molecule has 0 aliphatic heterocycles. The van der Waals surface area contributed by atoms with Gasteiger partial charge in [-0.1, -0.05) is 18.9 Å². The van der Waals surface area contributed by atoms with Crippen LogP contribution < -0.4 is 9.47 Å². The van der Waals surface area contributed by atoms with Gasteiger partial charge in [0.15, 0.2) is 11.5 Å². The first-order valence-corrected chi connectivity index (χ1v) is 7.79. The van der Waals surface area contributed by atoms with Gasteiger partial charge in [0, 0.05) is 0 Å². The largest absolute Gasteiger partial charge is 0.490 e. The van der Waals surface area contributed by atoms with Crippen LogP contribution in [0.15, 0.2) is 18.2 Å². The minimum absolute atomic E-state index is 0.0751. The van der Waals surface area contributed by atoms with Crippen molar-refractivity contribution in [3.63, 3.8) is 0 Å². The van der Waals surface area contributed by atoms with E-state index in [0.717, 1.165) is 37.0 Å². The van der Waals surface area contributed by atoms with Crippen molar-refractivity contribution in [2.75, 3.05) is 13.2 Å². The maximum atomic E-state index is 11.5. The molecule has 2 rings (SSSR count). The van der Waals surface area contributed by atoms with E-state index in [2.05, 4.69) is 0 Å². The van der Waals surface area contributed by atoms with E-state index in [1.807, 2.05) is 32.0 Å². The standard InChI is InChI=1S/C17H24O4/c1-3-20-15-10-9-12(11-16(15)21-4-2)13-7-5-6-8-14(13)17(18)19/h9-11,13-14H,3-8H2,1-2H3,(H,18,19). The average Bonchev–Trinajstić information content (AvgIpc) is 2.49. The number of carboxylic acid groups (broad SMARTS) is 1. The summed E-state index contributed by atoms with van der Waals surface area (Å²) in [4.78, 5) is 11.5. The Morgan fingerprint density at radius 2 is 1.81 bits per heavy atom. The van der Waals surface area contributed by atoms with Crippen LogP contribution in [0.25, 0.3) is 0 Å². The Bertz CT molecular complexity index is 484. The quantitative estimate of drug-likeness (QED) is 0.865. The Morgan fingerprint density at radius 1 is 1.14 bits per heavy atom. The lowest BCUT2D eigenvalue weighted by Gasteiger charge is -2.29. The van der Waals surface area contributed by atoms with E-state index in [0.29, 0.717) is 19.0 Å². The topological polar surface area (TPSA) is 55.8 Å². The predicted octanol–water partition coefficient (Wildman–Crippen LogP) is 3.84. The second kappa shape index (κ2) is 7.34. The smallest absolute Gasteiger partial charge is 0.307 e. The molecule has 2 unspecified atom stereocenters. The summed E-state index contributed by atoms with van der Waals surface area (Å²) < 4.78 is 11.2. The molecule has 1 saturated carbocycles. The molecule has 4 heteroatoms. The third-order valence-corrected chi connectivity index (χ3v) is 4.08. The number of carbonyl (C=O) groups is 1. The highest BCUT2D eigenvalue weighted by Crippen LogP contribution is 2.40. The van der Waals surface area contributed by atoms with Crippen LogP contribution in [0.5, 0.6) is 11.5 Å². The fraction of sp³-hybridized carbons (Fsp3) is 0.588. The zero-order valence-electron chi connectivity index (χ0n) is 12.8. The van der Waals surface area contributed by atoms with Gasteiger partial charge in [-0.2, -0.15) is 0 Å². The summed E-state index contributed by atoms with van der Waals surface area (Å²) in [5.74, 6) is 0.543. The number of carboxylic acids is 1. The molecule has 1 aliphatic rings. The van der Waals surface area contributed by atoms with Gasteiger partial charge >= 0.3 is 5.97 Å². The van der Waals surface area contributed by atoms with Crippen LogP contribution in [-0.2, 0) is 4.79 Å². The summed E-state index contributed by atoms with van der Waals surface area (Å²) in [5.41, 5.74) is 1.05. The lowest BCUT2D eigenvalue weighted by atomic mass is 9.75. The van der Waals surface area contributed by atoms with Gasteiger partial charge in [-0.3, -0.25) is 4.79 Å². The van der Waals surface area contributed by atoms with Gasteiger partial charge in [0.05, 0.1) is 19.1 Å². The lowest BCUT2D eigenvalue weighted by molar-refractivity contribution is -0.143. The zero-order valence-corrected chi connectivity index (χ0v) is 12.8. The van der Waals surface area contributed by atoms with Gasteiger partial charge in [0.1, 0.15) is 0 Å². The van der Waals surface area contributed by atoms with E-state index in [4.69, 9.17) is 9.47 Å². The first kappa shape index (κ1) is 15.7. The molecule has 0 aromatic heterocycles. The monoisotopic (exact) mass is 292 g/mol. The van der Waals surface area contributed by atoms with Gasteiger partial charge in [-0.15, -0.1) is 0 Å². The van der Waals surface area contributed by atoms with Gasteiger partial charge < -0.3 is 14.6 Å². The van der Waals surface area contributed by atoms with Crippen molar-refractivity contribution in [1.82, 2.24) is 0 Å². The molecule has 0 bridgehead atoms. The first-order valence-electron chi connectivity index (χ1n) is 7.79. The van der Waals surface area contributed by atoms with Crippen LogP contribution >= 0.6 is 0 Å². The molecular weight excluding hydrogens is 268 g/mol. The number of ether oxygens (including phenoxy) is 2. The van der Waals surface area contributed by atoms with Gasteiger partial charge in [-0.05, 0) is 50.3 Å². The molecule has 0 heterocycles. The molecule has 1 aromatic carbocycles.